The van der Waals surface area contributed by atoms with Crippen LogP contribution < -0.4 is 10.2 Å². The number of nitrogens with one attached hydrogen (secondary N) is 1. The van der Waals surface area contributed by atoms with Crippen LogP contribution in [0, 0.1) is 5.92 Å². The molecule has 29 heavy (non-hydrogen) atoms. The summed E-state index contributed by atoms with van der Waals surface area (Å²) in [5.74, 6) is 1.19. The van der Waals surface area contributed by atoms with Crippen LogP contribution in [0.2, 0.25) is 0 Å². The molecule has 6 heteroatoms. The molecule has 1 amide bonds. The number of rotatable bonds is 6. The number of anilines is 2. The number of nitrogens with zero attached hydrogens (tertiary/aromatic N) is 3. The normalized spacial score (nSPS) is 15.2. The smallest absolute Gasteiger partial charge is 0.226 e. The van der Waals surface area contributed by atoms with Crippen molar-refractivity contribution in [2.24, 2.45) is 5.92 Å². The Kier molecular flexibility index (Phi) is 6.11. The monoisotopic (exact) mass is 408 g/mol. The maximum absolute atomic E-state index is 11.9. The molecule has 1 saturated heterocycles. The van der Waals surface area contributed by atoms with Gasteiger partial charge in [0.2, 0.25) is 5.91 Å². The van der Waals surface area contributed by atoms with Crippen molar-refractivity contribution in [3.8, 4) is 0 Å². The number of carbonyl (C=O) groups excluding carboxylic acids is 1. The highest BCUT2D eigenvalue weighted by molar-refractivity contribution is 7.13. The molecule has 5 nitrogen and oxygen atoms in total. The summed E-state index contributed by atoms with van der Waals surface area (Å²) in [6, 6.07) is 16.7. The molecule has 152 valence electrons. The van der Waals surface area contributed by atoms with Crippen molar-refractivity contribution in [2.45, 2.75) is 20.3 Å². The van der Waals surface area contributed by atoms with E-state index in [9.17, 15) is 4.79 Å². The van der Waals surface area contributed by atoms with Crippen molar-refractivity contribution in [3.05, 3.63) is 54.1 Å². The number of aromatic nitrogens is 1. The van der Waals surface area contributed by atoms with E-state index in [-0.39, 0.29) is 11.8 Å². The lowest BCUT2D eigenvalue weighted by Gasteiger charge is -2.35. The molecular weight excluding hydrogens is 380 g/mol. The van der Waals surface area contributed by atoms with E-state index in [1.807, 2.05) is 26.0 Å². The van der Waals surface area contributed by atoms with E-state index in [4.69, 9.17) is 4.37 Å². The van der Waals surface area contributed by atoms with Gasteiger partial charge in [-0.1, -0.05) is 38.1 Å². The highest BCUT2D eigenvalue weighted by atomic mass is 32.1. The largest absolute Gasteiger partial charge is 0.353 e. The lowest BCUT2D eigenvalue weighted by atomic mass is 10.1. The van der Waals surface area contributed by atoms with Gasteiger partial charge in [-0.15, -0.1) is 0 Å². The van der Waals surface area contributed by atoms with E-state index in [1.54, 1.807) is 11.5 Å². The maximum atomic E-state index is 11.9. The molecule has 0 aliphatic carbocycles. The first-order valence-electron chi connectivity index (χ1n) is 10.3. The zero-order valence-corrected chi connectivity index (χ0v) is 17.9. The van der Waals surface area contributed by atoms with Crippen molar-refractivity contribution in [1.29, 1.82) is 0 Å². The second-order valence-electron chi connectivity index (χ2n) is 7.93. The summed E-state index contributed by atoms with van der Waals surface area (Å²) in [5, 5.41) is 4.26. The fraction of sp³-hybridized carbons (Fsp3) is 0.391. The highest BCUT2D eigenvalue weighted by Crippen LogP contribution is 2.29. The van der Waals surface area contributed by atoms with Crippen molar-refractivity contribution in [2.75, 3.05) is 42.9 Å². The summed E-state index contributed by atoms with van der Waals surface area (Å²) in [5.41, 5.74) is 2.15. The SMILES string of the molecule is CC(C)C(=O)Nc1cccc(CCN2CCN(c3nsc4ccccc34)CC2)c1. The number of hydrogen-bond donors (Lipinski definition) is 1. The number of piperazine rings is 1. The summed E-state index contributed by atoms with van der Waals surface area (Å²) >= 11 is 1.59. The highest BCUT2D eigenvalue weighted by Gasteiger charge is 2.20. The molecule has 3 aromatic rings. The van der Waals surface area contributed by atoms with Crippen LogP contribution in [-0.4, -0.2) is 47.9 Å². The Balaban J connectivity index is 1.30. The summed E-state index contributed by atoms with van der Waals surface area (Å²) in [7, 11) is 0. The Labute approximate surface area is 176 Å². The van der Waals surface area contributed by atoms with E-state index in [0.29, 0.717) is 0 Å². The van der Waals surface area contributed by atoms with Crippen LogP contribution in [0.5, 0.6) is 0 Å². The molecule has 1 fully saturated rings. The Morgan fingerprint density at radius 2 is 1.90 bits per heavy atom. The van der Waals surface area contributed by atoms with E-state index < -0.39 is 0 Å². The molecule has 2 aromatic carbocycles. The molecule has 0 radical (unpaired) electrons. The van der Waals surface area contributed by atoms with Crippen LogP contribution >= 0.6 is 11.5 Å². The summed E-state index contributed by atoms with van der Waals surface area (Å²) in [6.07, 6.45) is 0.991. The van der Waals surface area contributed by atoms with E-state index in [0.717, 1.165) is 50.6 Å². The lowest BCUT2D eigenvalue weighted by Crippen LogP contribution is -2.47. The topological polar surface area (TPSA) is 48.5 Å². The standard InChI is InChI=1S/C23H28N4OS/c1-17(2)23(28)24-19-7-5-6-18(16-19)10-11-26-12-14-27(15-13-26)22-20-8-3-4-9-21(20)29-25-22/h3-9,16-17H,10-15H2,1-2H3,(H,24,28). The van der Waals surface area contributed by atoms with E-state index >= 15 is 0 Å². The maximum Gasteiger partial charge on any atom is 0.226 e. The molecule has 0 spiro atoms. The molecule has 1 aliphatic heterocycles. The van der Waals surface area contributed by atoms with Gasteiger partial charge in [0.05, 0.1) is 4.70 Å². The third-order valence-corrected chi connectivity index (χ3v) is 6.28. The first-order chi connectivity index (χ1) is 14.1. The van der Waals surface area contributed by atoms with Gasteiger partial charge in [-0.3, -0.25) is 9.69 Å². The first-order valence-corrected chi connectivity index (χ1v) is 11.1. The minimum Gasteiger partial charge on any atom is -0.353 e. The van der Waals surface area contributed by atoms with Crippen molar-refractivity contribution in [1.82, 2.24) is 9.27 Å². The minimum absolute atomic E-state index is 0.00945. The average Bonchev–Trinajstić information content (AvgIpc) is 3.17. The molecular formula is C23H28N4OS. The van der Waals surface area contributed by atoms with Gasteiger partial charge in [-0.05, 0) is 47.8 Å². The fourth-order valence-electron chi connectivity index (χ4n) is 3.66. The molecule has 0 bridgehead atoms. The van der Waals surface area contributed by atoms with Crippen LogP contribution in [0.3, 0.4) is 0 Å². The zero-order valence-electron chi connectivity index (χ0n) is 17.1. The van der Waals surface area contributed by atoms with E-state index in [2.05, 4.69) is 51.5 Å². The third-order valence-electron chi connectivity index (χ3n) is 5.47. The zero-order chi connectivity index (χ0) is 20.2. The van der Waals surface area contributed by atoms with Gasteiger partial charge in [-0.2, -0.15) is 4.37 Å². The Hall–Kier alpha value is -2.44. The van der Waals surface area contributed by atoms with Crippen LogP contribution in [0.4, 0.5) is 11.5 Å². The summed E-state index contributed by atoms with van der Waals surface area (Å²) in [6.45, 7) is 8.98. The van der Waals surface area contributed by atoms with Crippen LogP contribution in [0.1, 0.15) is 19.4 Å². The second-order valence-corrected chi connectivity index (χ2v) is 8.73. The molecule has 0 atom stereocenters. The summed E-state index contributed by atoms with van der Waals surface area (Å²) < 4.78 is 5.96. The Morgan fingerprint density at radius 1 is 1.10 bits per heavy atom. The quantitative estimate of drug-likeness (QED) is 0.662. The molecule has 1 aromatic heterocycles. The van der Waals surface area contributed by atoms with Gasteiger partial charge < -0.3 is 10.2 Å². The molecule has 1 aliphatic rings. The lowest BCUT2D eigenvalue weighted by molar-refractivity contribution is -0.118. The van der Waals surface area contributed by atoms with Gasteiger partial charge >= 0.3 is 0 Å². The molecule has 4 rings (SSSR count). The Bertz CT molecular complexity index is 976. The minimum atomic E-state index is -0.00945. The second kappa shape index (κ2) is 8.93. The number of amides is 1. The fourth-order valence-corrected chi connectivity index (χ4v) is 4.46. The number of carbonyl (C=O) groups is 1. The third kappa shape index (κ3) is 4.77. The van der Waals surface area contributed by atoms with Crippen molar-refractivity contribution < 1.29 is 4.79 Å². The van der Waals surface area contributed by atoms with Crippen LogP contribution in [0.25, 0.3) is 10.1 Å². The number of fused-ring (bicyclic) bond motifs is 1. The number of benzene rings is 2. The number of hydrogen-bond acceptors (Lipinski definition) is 5. The average molecular weight is 409 g/mol. The van der Waals surface area contributed by atoms with Crippen LogP contribution in [0.15, 0.2) is 48.5 Å². The van der Waals surface area contributed by atoms with Crippen molar-refractivity contribution >= 4 is 39.0 Å². The predicted molar refractivity (Wildman–Crippen MR) is 122 cm³/mol. The van der Waals surface area contributed by atoms with Crippen molar-refractivity contribution in [3.63, 3.8) is 0 Å². The first kappa shape index (κ1) is 19.9. The van der Waals surface area contributed by atoms with E-state index in [1.165, 1.54) is 15.6 Å². The predicted octanol–water partition coefficient (Wildman–Crippen LogP) is 4.26. The summed E-state index contributed by atoms with van der Waals surface area (Å²) in [4.78, 5) is 16.8. The van der Waals surface area contributed by atoms with Gasteiger partial charge in [0.15, 0.2) is 0 Å². The van der Waals surface area contributed by atoms with Gasteiger partial charge in [0.1, 0.15) is 5.82 Å². The van der Waals surface area contributed by atoms with Gasteiger partial charge in [0, 0.05) is 49.7 Å². The molecule has 2 heterocycles. The van der Waals surface area contributed by atoms with Gasteiger partial charge in [-0.25, -0.2) is 0 Å². The van der Waals surface area contributed by atoms with Gasteiger partial charge in [0.25, 0.3) is 0 Å². The Morgan fingerprint density at radius 3 is 2.69 bits per heavy atom. The van der Waals surface area contributed by atoms with Crippen LogP contribution in [-0.2, 0) is 11.2 Å². The molecule has 0 saturated carbocycles. The molecule has 0 unspecified atom stereocenters. The molecule has 1 N–H and O–H groups in total.